The highest BCUT2D eigenvalue weighted by Crippen LogP contribution is 2.12. The Morgan fingerprint density at radius 1 is 1.38 bits per heavy atom. The van der Waals surface area contributed by atoms with Crippen LogP contribution in [0.5, 0.6) is 0 Å². The van der Waals surface area contributed by atoms with E-state index in [4.69, 9.17) is 5.73 Å². The minimum atomic E-state index is -0.0316. The monoisotopic (exact) mass is 197 g/mol. The van der Waals surface area contributed by atoms with Crippen molar-refractivity contribution in [2.45, 2.75) is 19.4 Å². The van der Waals surface area contributed by atoms with Gasteiger partial charge in [-0.05, 0) is 17.5 Å². The molecule has 0 aliphatic carbocycles. The maximum Gasteiger partial charge on any atom is 0.0478 e. The van der Waals surface area contributed by atoms with Crippen LogP contribution < -0.4 is 5.73 Å². The highest BCUT2D eigenvalue weighted by molar-refractivity contribution is 5.85. The van der Waals surface area contributed by atoms with Gasteiger partial charge < -0.3 is 5.73 Å². The smallest absolute Gasteiger partial charge is 0.0478 e. The van der Waals surface area contributed by atoms with Crippen molar-refractivity contribution in [1.82, 2.24) is 0 Å². The first-order chi connectivity index (χ1) is 5.77. The van der Waals surface area contributed by atoms with Crippen molar-refractivity contribution >= 4 is 12.4 Å². The van der Waals surface area contributed by atoms with E-state index >= 15 is 0 Å². The molecule has 0 amide bonds. The molecule has 0 saturated heterocycles. The van der Waals surface area contributed by atoms with Gasteiger partial charge in [0.1, 0.15) is 0 Å². The van der Waals surface area contributed by atoms with Crippen molar-refractivity contribution in [3.05, 3.63) is 48.0 Å². The fourth-order valence-corrected chi connectivity index (χ4v) is 1.11. The lowest BCUT2D eigenvalue weighted by Crippen LogP contribution is -2.05. The molecule has 0 spiro atoms. The molecule has 0 unspecified atom stereocenters. The maximum atomic E-state index is 5.77. The third kappa shape index (κ3) is 3.21. The predicted octanol–water partition coefficient (Wildman–Crippen LogP) is 2.86. The maximum absolute atomic E-state index is 5.77. The van der Waals surface area contributed by atoms with E-state index in [1.807, 2.05) is 0 Å². The summed E-state index contributed by atoms with van der Waals surface area (Å²) in [5, 5.41) is 0. The summed E-state index contributed by atoms with van der Waals surface area (Å²) in [5.74, 6) is 0. The van der Waals surface area contributed by atoms with Gasteiger partial charge in [-0.3, -0.25) is 0 Å². The second kappa shape index (κ2) is 5.79. The molecule has 1 atom stereocenters. The standard InChI is InChI=1S/C11H15N.ClH/c1-3-9-5-7-10(8-6-9)11(12)4-2;/h4-8,11H,2-3,12H2,1H3;1H/t11-;/m1./s1. The Morgan fingerprint density at radius 3 is 2.31 bits per heavy atom. The average molecular weight is 198 g/mol. The zero-order valence-electron chi connectivity index (χ0n) is 7.86. The zero-order valence-corrected chi connectivity index (χ0v) is 8.68. The van der Waals surface area contributed by atoms with Crippen molar-refractivity contribution in [3.8, 4) is 0 Å². The molecule has 13 heavy (non-hydrogen) atoms. The Kier molecular flexibility index (Phi) is 5.44. The normalized spacial score (nSPS) is 11.5. The molecule has 72 valence electrons. The molecule has 2 N–H and O–H groups in total. The number of aryl methyl sites for hydroxylation is 1. The van der Waals surface area contributed by atoms with Crippen molar-refractivity contribution in [3.63, 3.8) is 0 Å². The van der Waals surface area contributed by atoms with Crippen LogP contribution >= 0.6 is 12.4 Å². The quantitative estimate of drug-likeness (QED) is 0.741. The van der Waals surface area contributed by atoms with Crippen LogP contribution in [0.25, 0.3) is 0 Å². The second-order valence-corrected chi connectivity index (χ2v) is 2.86. The summed E-state index contributed by atoms with van der Waals surface area (Å²) in [4.78, 5) is 0. The molecule has 0 fully saturated rings. The summed E-state index contributed by atoms with van der Waals surface area (Å²) in [7, 11) is 0. The first-order valence-electron chi connectivity index (χ1n) is 4.25. The Bertz CT molecular complexity index is 253. The van der Waals surface area contributed by atoms with Gasteiger partial charge in [0, 0.05) is 6.04 Å². The van der Waals surface area contributed by atoms with Gasteiger partial charge in [-0.2, -0.15) is 0 Å². The van der Waals surface area contributed by atoms with Gasteiger partial charge in [0.2, 0.25) is 0 Å². The van der Waals surface area contributed by atoms with Gasteiger partial charge >= 0.3 is 0 Å². The fraction of sp³-hybridized carbons (Fsp3) is 0.273. The molecule has 0 bridgehead atoms. The number of benzene rings is 1. The van der Waals surface area contributed by atoms with E-state index in [1.165, 1.54) is 5.56 Å². The van der Waals surface area contributed by atoms with Gasteiger partial charge in [-0.25, -0.2) is 0 Å². The van der Waals surface area contributed by atoms with E-state index in [1.54, 1.807) is 6.08 Å². The lowest BCUT2D eigenvalue weighted by molar-refractivity contribution is 0.912. The van der Waals surface area contributed by atoms with E-state index < -0.39 is 0 Å². The molecule has 0 aliphatic rings. The summed E-state index contributed by atoms with van der Waals surface area (Å²) >= 11 is 0. The summed E-state index contributed by atoms with van der Waals surface area (Å²) in [6.45, 7) is 5.80. The van der Waals surface area contributed by atoms with Crippen LogP contribution in [0, 0.1) is 0 Å². The van der Waals surface area contributed by atoms with E-state index in [9.17, 15) is 0 Å². The van der Waals surface area contributed by atoms with Crippen molar-refractivity contribution in [1.29, 1.82) is 0 Å². The first kappa shape index (κ1) is 12.2. The molecular formula is C11H16ClN. The SMILES string of the molecule is C=C[C@@H](N)c1ccc(CC)cc1.Cl. The largest absolute Gasteiger partial charge is 0.321 e. The molecule has 1 rings (SSSR count). The molecule has 1 aromatic rings. The minimum absolute atomic E-state index is 0. The van der Waals surface area contributed by atoms with Gasteiger partial charge in [-0.15, -0.1) is 19.0 Å². The van der Waals surface area contributed by atoms with Crippen LogP contribution in [0.3, 0.4) is 0 Å². The van der Waals surface area contributed by atoms with E-state index in [0.29, 0.717) is 0 Å². The average Bonchev–Trinajstić information content (AvgIpc) is 2.17. The topological polar surface area (TPSA) is 26.0 Å². The molecule has 0 radical (unpaired) electrons. The summed E-state index contributed by atoms with van der Waals surface area (Å²) < 4.78 is 0. The molecule has 0 heterocycles. The molecule has 0 saturated carbocycles. The van der Waals surface area contributed by atoms with Crippen LogP contribution in [0.1, 0.15) is 24.1 Å². The predicted molar refractivity (Wildman–Crippen MR) is 60.2 cm³/mol. The van der Waals surface area contributed by atoms with Gasteiger partial charge in [0.25, 0.3) is 0 Å². The Balaban J connectivity index is 0.00000144. The number of hydrogen-bond donors (Lipinski definition) is 1. The van der Waals surface area contributed by atoms with E-state index in [-0.39, 0.29) is 18.4 Å². The molecular weight excluding hydrogens is 182 g/mol. The van der Waals surface area contributed by atoms with Crippen LogP contribution in [-0.2, 0) is 6.42 Å². The Labute approximate surface area is 86.1 Å². The third-order valence-corrected chi connectivity index (χ3v) is 2.03. The second-order valence-electron chi connectivity index (χ2n) is 2.86. The van der Waals surface area contributed by atoms with Gasteiger partial charge in [0.15, 0.2) is 0 Å². The molecule has 0 aliphatic heterocycles. The minimum Gasteiger partial charge on any atom is -0.321 e. The highest BCUT2D eigenvalue weighted by atomic mass is 35.5. The van der Waals surface area contributed by atoms with E-state index in [2.05, 4.69) is 37.8 Å². The molecule has 2 heteroatoms. The van der Waals surface area contributed by atoms with Crippen LogP contribution in [-0.4, -0.2) is 0 Å². The summed E-state index contributed by atoms with van der Waals surface area (Å²) in [6, 6.07) is 8.31. The molecule has 1 nitrogen and oxygen atoms in total. The van der Waals surface area contributed by atoms with Crippen LogP contribution in [0.2, 0.25) is 0 Å². The molecule has 0 aromatic heterocycles. The lowest BCUT2D eigenvalue weighted by Gasteiger charge is -2.06. The number of rotatable bonds is 3. The van der Waals surface area contributed by atoms with Crippen LogP contribution in [0.4, 0.5) is 0 Å². The van der Waals surface area contributed by atoms with Crippen LogP contribution in [0.15, 0.2) is 36.9 Å². The van der Waals surface area contributed by atoms with Crippen molar-refractivity contribution in [2.75, 3.05) is 0 Å². The highest BCUT2D eigenvalue weighted by Gasteiger charge is 1.99. The van der Waals surface area contributed by atoms with Gasteiger partial charge in [0.05, 0.1) is 0 Å². The lowest BCUT2D eigenvalue weighted by atomic mass is 10.0. The Morgan fingerprint density at radius 2 is 1.92 bits per heavy atom. The van der Waals surface area contributed by atoms with E-state index in [0.717, 1.165) is 12.0 Å². The molecule has 1 aromatic carbocycles. The van der Waals surface area contributed by atoms with Crippen molar-refractivity contribution in [2.24, 2.45) is 5.73 Å². The summed E-state index contributed by atoms with van der Waals surface area (Å²) in [6.07, 6.45) is 2.82. The fourth-order valence-electron chi connectivity index (χ4n) is 1.11. The summed E-state index contributed by atoms with van der Waals surface area (Å²) in [5.41, 5.74) is 8.24. The number of halogens is 1. The third-order valence-electron chi connectivity index (χ3n) is 2.03. The Hall–Kier alpha value is -0.790. The van der Waals surface area contributed by atoms with Crippen molar-refractivity contribution < 1.29 is 0 Å². The number of nitrogens with two attached hydrogens (primary N) is 1. The van der Waals surface area contributed by atoms with Gasteiger partial charge in [-0.1, -0.05) is 37.3 Å². The first-order valence-corrected chi connectivity index (χ1v) is 4.25. The zero-order chi connectivity index (χ0) is 8.97. The number of hydrogen-bond acceptors (Lipinski definition) is 1.